The summed E-state index contributed by atoms with van der Waals surface area (Å²) in [6, 6.07) is 1.31. The van der Waals surface area contributed by atoms with Gasteiger partial charge in [0.15, 0.2) is 11.5 Å². The number of benzene rings is 1. The monoisotopic (exact) mass is 732 g/mol. The number of hydrogen-bond acceptors (Lipinski definition) is 6. The molecule has 1 aromatic carbocycles. The minimum absolute atomic E-state index is 0. The Hall–Kier alpha value is -0.328. The van der Waals surface area contributed by atoms with Crippen molar-refractivity contribution in [2.45, 2.75) is 43.0 Å². The van der Waals surface area contributed by atoms with Crippen molar-refractivity contribution in [2.75, 3.05) is 32.6 Å². The number of methoxy groups -OCH3 is 1. The molecule has 4 atom stereocenters. The van der Waals surface area contributed by atoms with Gasteiger partial charge in [-0.05, 0) is 37.6 Å². The Labute approximate surface area is 302 Å². The molecule has 1 fully saturated rings. The molecule has 4 unspecified atom stereocenters. The summed E-state index contributed by atoms with van der Waals surface area (Å²) in [6.45, 7) is 8.14. The van der Waals surface area contributed by atoms with Gasteiger partial charge in [0.1, 0.15) is 6.04 Å². The number of carbonyl (C=O) groups is 2. The predicted octanol–water partition coefficient (Wildman–Crippen LogP) is 1.72. The Balaban J connectivity index is 0.00000370. The van der Waals surface area contributed by atoms with Crippen LogP contribution in [-0.4, -0.2) is 78.3 Å². The fourth-order valence-electron chi connectivity index (χ4n) is 5.78. The molecule has 1 N–H and O–H groups in total. The number of hydrogen-bond donors (Lipinski definition) is 1. The van der Waals surface area contributed by atoms with Gasteiger partial charge in [-0.2, -0.15) is 13.2 Å². The van der Waals surface area contributed by atoms with Crippen molar-refractivity contribution in [1.29, 1.82) is 0 Å². The number of halogens is 4. The number of amidine groups is 1. The number of thiophene rings is 1. The average Bonchev–Trinajstić information content (AvgIpc) is 3.30. The summed E-state index contributed by atoms with van der Waals surface area (Å²) >= 11 is 8.59. The molecule has 14 heteroatoms. The maximum Gasteiger partial charge on any atom is 1.00 e. The largest absolute Gasteiger partial charge is 1.00 e. The molecule has 7 nitrogen and oxygen atoms in total. The first-order valence-corrected chi connectivity index (χ1v) is 14.5. The van der Waals surface area contributed by atoms with E-state index in [0.29, 0.717) is 44.2 Å². The van der Waals surface area contributed by atoms with Crippen molar-refractivity contribution in [3.63, 3.8) is 0 Å². The van der Waals surface area contributed by atoms with Crippen LogP contribution in [0.1, 0.15) is 25.0 Å². The van der Waals surface area contributed by atoms with E-state index in [1.54, 1.807) is 10.3 Å². The van der Waals surface area contributed by atoms with E-state index in [4.69, 9.17) is 16.3 Å². The van der Waals surface area contributed by atoms with Crippen molar-refractivity contribution < 1.29 is 101 Å². The quantitative estimate of drug-likeness (QED) is 0.486. The summed E-state index contributed by atoms with van der Waals surface area (Å²) in [4.78, 5) is 34.7. The molecular weight excluding hydrogens is 706 g/mol. The fraction of sp³-hybridized carbons (Fsp3) is 0.423. The third kappa shape index (κ3) is 5.90. The van der Waals surface area contributed by atoms with Crippen LogP contribution in [0.2, 0.25) is 4.34 Å². The van der Waals surface area contributed by atoms with Crippen LogP contribution < -0.4 is 73.8 Å². The maximum absolute atomic E-state index is 14.6. The third-order valence-corrected chi connectivity index (χ3v) is 9.60. The van der Waals surface area contributed by atoms with Crippen molar-refractivity contribution in [2.24, 2.45) is 4.99 Å². The molecule has 0 spiro atoms. The molecular formula is C26H27ClCsF3N4O3S2+2. The van der Waals surface area contributed by atoms with Gasteiger partial charge in [0.25, 0.3) is 0 Å². The first kappa shape index (κ1) is 32.6. The average molecular weight is 733 g/mol. The number of rotatable bonds is 4. The zero-order valence-corrected chi connectivity index (χ0v) is 31.1. The van der Waals surface area contributed by atoms with Crippen LogP contribution in [0.3, 0.4) is 0 Å². The molecule has 5 rings (SSSR count). The second-order valence-electron chi connectivity index (χ2n) is 9.86. The van der Waals surface area contributed by atoms with Gasteiger partial charge in [0.2, 0.25) is 5.91 Å². The van der Waals surface area contributed by atoms with Crippen LogP contribution in [-0.2, 0) is 15.7 Å². The number of aliphatic imine (C=N–C) groups is 1. The van der Waals surface area contributed by atoms with Crippen LogP contribution in [0.4, 0.5) is 23.7 Å². The number of piperazine rings is 1. The number of nitrogens with one attached hydrogen (secondary N) is 1. The molecule has 40 heavy (non-hydrogen) atoms. The van der Waals surface area contributed by atoms with E-state index in [-0.39, 0.29) is 116 Å². The number of alkyl halides is 3. The van der Waals surface area contributed by atoms with E-state index in [9.17, 15) is 22.8 Å². The molecule has 2 aromatic rings. The summed E-state index contributed by atoms with van der Waals surface area (Å²) in [5.74, 6) is 0.360. The van der Waals surface area contributed by atoms with E-state index in [2.05, 4.69) is 11.6 Å². The van der Waals surface area contributed by atoms with Crippen molar-refractivity contribution in [3.05, 3.63) is 45.6 Å². The molecule has 1 saturated heterocycles. The molecule has 1 aromatic heterocycles. The molecule has 0 radical (unpaired) electrons. The minimum Gasteiger partial charge on any atom is -0.378 e. The Morgan fingerprint density at radius 3 is 2.52 bits per heavy atom. The van der Waals surface area contributed by atoms with E-state index >= 15 is 0 Å². The van der Waals surface area contributed by atoms with Crippen LogP contribution in [0.5, 0.6) is 0 Å². The van der Waals surface area contributed by atoms with Crippen molar-refractivity contribution in [3.8, 4) is 11.1 Å². The van der Waals surface area contributed by atoms with Gasteiger partial charge >= 0.3 is 81.1 Å². The summed E-state index contributed by atoms with van der Waals surface area (Å²) in [6.07, 6.45) is -3.41. The number of urea groups is 1. The maximum atomic E-state index is 14.6. The normalized spacial score (nSPS) is 24.3. The number of thioether (sulfide) groups is 1. The molecule has 4 heterocycles. The number of quaternary nitrogens is 1. The number of carbonyl (C=O) groups excluding carboxylic acids is 2. The SMILES string of the molecule is C=CC(=O)N1C(C)CN(C2=NC(=O)[NH+]3c4c2cc(C(F)(F)F)c(-c2csc(Cl)c2)c4SCC3COC)CC1C.[Cs+]. The third-order valence-electron chi connectivity index (χ3n) is 7.24. The van der Waals surface area contributed by atoms with Crippen LogP contribution in [0.15, 0.2) is 40.1 Å². The topological polar surface area (TPSA) is 66.7 Å². The summed E-state index contributed by atoms with van der Waals surface area (Å²) < 4.78 is 49.7. The van der Waals surface area contributed by atoms with Crippen molar-refractivity contribution >= 4 is 58.2 Å². The number of ether oxygens (including phenoxy) is 1. The molecule has 3 aliphatic rings. The Morgan fingerprint density at radius 2 is 1.98 bits per heavy atom. The molecule has 0 aliphatic carbocycles. The van der Waals surface area contributed by atoms with E-state index in [0.717, 1.165) is 17.4 Å². The van der Waals surface area contributed by atoms with E-state index < -0.39 is 17.8 Å². The molecule has 3 aliphatic heterocycles. The Morgan fingerprint density at radius 1 is 1.30 bits per heavy atom. The smallest absolute Gasteiger partial charge is 0.378 e. The Kier molecular flexibility index (Phi) is 10.4. The van der Waals surface area contributed by atoms with Crippen LogP contribution in [0.25, 0.3) is 11.1 Å². The molecule has 208 valence electrons. The zero-order valence-electron chi connectivity index (χ0n) is 22.5. The zero-order chi connectivity index (χ0) is 28.2. The molecule has 3 amide bonds. The van der Waals surface area contributed by atoms with Gasteiger partial charge in [-0.25, -0.2) is 9.69 Å². The van der Waals surface area contributed by atoms with Gasteiger partial charge in [0.05, 0.1) is 32.7 Å². The fourth-order valence-corrected chi connectivity index (χ4v) is 8.02. The number of nitrogens with zero attached hydrogens (tertiary/aromatic N) is 3. The minimum atomic E-state index is -4.67. The van der Waals surface area contributed by atoms with E-state index in [1.807, 2.05) is 18.7 Å². The standard InChI is InChI=1S/C26H26ClF3N4O3S2.Cs/c1-5-20(35)33-13(2)8-32(9-14(33)3)24-17-7-18(26(28,29)30)21(15-6-19(27)38-11-15)23-22(17)34(25(36)31-24)16(10-37-4)12-39-23;/h5-7,11,13-14,16H,1,8-10,12H2,2-4H3;/q;+1/p+1. The summed E-state index contributed by atoms with van der Waals surface area (Å²) in [7, 11) is 1.53. The summed E-state index contributed by atoms with van der Waals surface area (Å²) in [5, 5.41) is 1.61. The van der Waals surface area contributed by atoms with E-state index in [1.165, 1.54) is 31.0 Å². The van der Waals surface area contributed by atoms with Gasteiger partial charge < -0.3 is 14.5 Å². The van der Waals surface area contributed by atoms with Gasteiger partial charge in [-0.15, -0.1) is 28.1 Å². The second kappa shape index (κ2) is 12.7. The molecule has 0 saturated carbocycles. The van der Waals surface area contributed by atoms with Gasteiger partial charge in [0, 0.05) is 43.2 Å². The predicted molar refractivity (Wildman–Crippen MR) is 146 cm³/mol. The van der Waals surface area contributed by atoms with Crippen LogP contribution >= 0.6 is 34.7 Å². The Bertz CT molecular complexity index is 1370. The second-order valence-corrected chi connectivity index (χ2v) is 12.4. The van der Waals surface area contributed by atoms with Gasteiger partial charge in [-0.1, -0.05) is 18.2 Å². The van der Waals surface area contributed by atoms with Crippen molar-refractivity contribution in [1.82, 2.24) is 9.80 Å². The summed E-state index contributed by atoms with van der Waals surface area (Å²) in [5.41, 5.74) is 0.348. The molecule has 0 bridgehead atoms. The van der Waals surface area contributed by atoms with Gasteiger partial charge in [-0.3, -0.25) is 4.79 Å². The first-order chi connectivity index (χ1) is 18.5. The number of amides is 3. The first-order valence-electron chi connectivity index (χ1n) is 12.3. The van der Waals surface area contributed by atoms with Crippen LogP contribution in [0, 0.1) is 0 Å².